The van der Waals surface area contributed by atoms with Crippen molar-refractivity contribution in [2.45, 2.75) is 182 Å². The molecule has 24 rings (SSSR count). The van der Waals surface area contributed by atoms with Gasteiger partial charge in [-0.2, -0.15) is 33.9 Å². The lowest BCUT2D eigenvalue weighted by Gasteiger charge is -2.40. The summed E-state index contributed by atoms with van der Waals surface area (Å²) in [5.74, 6) is 0.809. The first-order valence-corrected chi connectivity index (χ1v) is 54.1. The van der Waals surface area contributed by atoms with Crippen molar-refractivity contribution in [3.63, 3.8) is 0 Å². The van der Waals surface area contributed by atoms with E-state index in [-0.39, 0.29) is 99.5 Å². The number of carbonyl (C=O) groups is 10. The summed E-state index contributed by atoms with van der Waals surface area (Å²) in [6.45, 7) is 19.7. The molecular formula is C92H104Br4N22O14S10. The standard InChI is InChI=1S/C29H25BrN8O3.C18H15N5O3.C16H20BrN3O3.C11H12BrN3O.C11H17NO4.C5H5BrN2.2CH4.S4.S3.S2.H2S/c1-16-8-25-31-12-20(14-38(25)34-16)19-6-7-22-21(9-19)27(17(2)39)35-37(22)15-26(40)36-13-18-10-29(36,11-18)28(41)33-24-5-3-4-23(30)32-24;1-10-5-16-19-7-13(8-23(16)20-10)12-3-4-15-14(6-12)18(11(2)24)21-22(15)9-17(25)26;1-15(2,3)23-14(22)20-9-10-7-16(20,8-10)13(21)19-12-6-4-5-11(17)18-12;12-8-2-1-3-9(14-8)15-10(16)11-4-7(5-11)6-13-11;1-10(2,3)16-9(15)12-6-7-4-11(12,5-7)8(13)14;6-4-2-1-3-5(7)8-4;;;1-3-4-2;1-3-2;1-2;/h3-9,12,14,18H,10-11,13,15H2,1-2H3,(H,32,33,41);3-8H,9H2,1-2H3,(H,25,26);4-6,10H,7-9H2,1-3H3,(H,18,19,21);1-3,7,13H,4-6H2,(H,14,15,16);7H,4-6H2,1-3H3,(H,13,14);1-3H,(H2,7,8);2*1H4;;;;1H2. The molecule has 4 saturated carbocycles. The first-order valence-electron chi connectivity index (χ1n) is 42.9. The molecule has 8 N–H and O–H groups in total. The molecule has 12 aliphatic rings. The predicted octanol–water partition coefficient (Wildman–Crippen LogP) is 15.4. The summed E-state index contributed by atoms with van der Waals surface area (Å²) in [7, 11) is 3.26. The highest BCUT2D eigenvalue weighted by molar-refractivity contribution is 9.11. The van der Waals surface area contributed by atoms with Gasteiger partial charge in [-0.15, -0.1) is 0 Å². The van der Waals surface area contributed by atoms with Gasteiger partial charge in [-0.1, -0.05) is 51.3 Å². The van der Waals surface area contributed by atoms with Crippen LogP contribution >= 0.6 is 77.2 Å². The highest BCUT2D eigenvalue weighted by atomic mass is 79.9. The molecular weight excluding hydrogens is 2280 g/mol. The van der Waals surface area contributed by atoms with E-state index in [9.17, 15) is 53.1 Å². The van der Waals surface area contributed by atoms with E-state index in [1.54, 1.807) is 111 Å². The molecule has 8 saturated heterocycles. The molecule has 0 spiro atoms. The molecule has 142 heavy (non-hydrogen) atoms. The zero-order chi connectivity index (χ0) is 101. The van der Waals surface area contributed by atoms with Gasteiger partial charge in [-0.25, -0.2) is 53.3 Å². The fourth-order valence-corrected chi connectivity index (χ4v) is 19.3. The average Bonchev–Trinajstić information content (AvgIpc) is 1.82. The summed E-state index contributed by atoms with van der Waals surface area (Å²) in [5.41, 5.74) is 9.61. The van der Waals surface area contributed by atoms with Crippen LogP contribution in [0.3, 0.4) is 0 Å². The van der Waals surface area contributed by atoms with Crippen molar-refractivity contribution in [3.8, 4) is 22.3 Å². The van der Waals surface area contributed by atoms with Gasteiger partial charge in [0.05, 0.1) is 28.0 Å². The number of hydrogen-bond acceptors (Lipinski definition) is 30. The minimum absolute atomic E-state index is 0. The number of benzene rings is 2. The fourth-order valence-electron chi connectivity index (χ4n) is 17.9. The van der Waals surface area contributed by atoms with Gasteiger partial charge in [0.25, 0.3) is 11.8 Å². The number of carboxylic acid groups (broad SMARTS) is 2. The van der Waals surface area contributed by atoms with Crippen molar-refractivity contribution in [3.05, 3.63) is 187 Å². The molecule has 12 fully saturated rings. The molecule has 6 amide bonds. The Labute approximate surface area is 897 Å². The number of ether oxygens (including phenoxy) is 2. The Morgan fingerprint density at radius 1 is 0.493 bits per heavy atom. The van der Waals surface area contributed by atoms with Crippen LogP contribution in [-0.2, 0) is 145 Å². The van der Waals surface area contributed by atoms with Gasteiger partial charge in [0.2, 0.25) is 11.8 Å². The van der Waals surface area contributed by atoms with Crippen LogP contribution in [0.1, 0.15) is 154 Å². The molecule has 18 heterocycles. The number of carbonyl (C=O) groups excluding carboxylic acids is 8. The van der Waals surface area contributed by atoms with Gasteiger partial charge in [-0.05, 0) is 285 Å². The monoisotopic (exact) mass is 2380 g/mol. The van der Waals surface area contributed by atoms with E-state index in [1.807, 2.05) is 114 Å². The summed E-state index contributed by atoms with van der Waals surface area (Å²) >= 11 is 37.3. The second-order valence-electron chi connectivity index (χ2n) is 36.0. The Morgan fingerprint density at radius 2 is 0.859 bits per heavy atom. The van der Waals surface area contributed by atoms with Crippen molar-refractivity contribution in [2.75, 3.05) is 47.9 Å². The van der Waals surface area contributed by atoms with Gasteiger partial charge in [-0.3, -0.25) is 52.7 Å². The van der Waals surface area contributed by atoms with Crippen molar-refractivity contribution in [2.24, 2.45) is 23.7 Å². The van der Waals surface area contributed by atoms with Crippen molar-refractivity contribution in [1.82, 2.24) is 88.7 Å². The number of nitrogens with zero attached hydrogens (tertiary/aromatic N) is 17. The van der Waals surface area contributed by atoms with Crippen molar-refractivity contribution < 1.29 is 67.6 Å². The number of nitrogens with two attached hydrogens (primary N) is 1. The SMILES string of the molecule is C.C.CC(=O)c1nn(CC(=O)N2CC3CC2(C(=O)Nc2cccc(Br)n2)C3)c2ccc(-c3cnc4cc(C)nn4c3)cc12.CC(=O)c1nn(CC(=O)O)c2ccc(-c3cnc4cc(C)nn4c3)cc12.CC(C)(C)OC(=O)N1CC2CC1(C(=O)Nc1cccc(Br)n1)C2.CC(C)(C)OC(=O)N1CC2CC1(C(=O)O)C2.Nc1cccc(Br)n1.O=C(Nc1cccc(Br)n1)C12CC(CN1)C2.S.S=S.S=S=S.S=S=S=S. The van der Waals surface area contributed by atoms with Crippen molar-refractivity contribution in [1.29, 1.82) is 0 Å². The number of rotatable bonds is 15. The topological polar surface area (TPSA) is 461 Å². The van der Waals surface area contributed by atoms with Crippen LogP contribution in [0.25, 0.3) is 55.4 Å². The van der Waals surface area contributed by atoms with E-state index in [0.717, 1.165) is 82.4 Å². The van der Waals surface area contributed by atoms with Crippen molar-refractivity contribution >= 4 is 287 Å². The van der Waals surface area contributed by atoms with Gasteiger partial charge in [0, 0.05) is 186 Å². The Bertz CT molecular complexity index is 6870. The van der Waals surface area contributed by atoms with E-state index < -0.39 is 51.9 Å². The Morgan fingerprint density at radius 3 is 1.20 bits per heavy atom. The second-order valence-corrected chi connectivity index (χ2v) is 44.5. The molecule has 36 nitrogen and oxygen atoms in total. The third kappa shape index (κ3) is 27.4. The Hall–Kier alpha value is -10.1. The van der Waals surface area contributed by atoms with Crippen LogP contribution in [0.4, 0.5) is 32.9 Å². The third-order valence-corrected chi connectivity index (χ3v) is 27.7. The number of hydrogen-bond donors (Lipinski definition) is 7. The van der Waals surface area contributed by atoms with E-state index >= 15 is 0 Å². The van der Waals surface area contributed by atoms with Gasteiger partial charge in [0.15, 0.2) is 22.9 Å². The summed E-state index contributed by atoms with van der Waals surface area (Å²) in [5, 5.41) is 48.9. The highest BCUT2D eigenvalue weighted by Gasteiger charge is 2.66. The van der Waals surface area contributed by atoms with Crippen LogP contribution < -0.4 is 27.0 Å². The molecule has 0 radical (unpaired) electrons. The number of carboxylic acids is 2. The van der Waals surface area contributed by atoms with Crippen LogP contribution in [0, 0.1) is 37.5 Å². The summed E-state index contributed by atoms with van der Waals surface area (Å²) in [4.78, 5) is 153. The van der Waals surface area contributed by atoms with Gasteiger partial charge in [0.1, 0.15) is 94.0 Å². The molecule has 50 heteroatoms. The van der Waals surface area contributed by atoms with E-state index in [2.05, 4.69) is 202 Å². The third-order valence-electron chi connectivity index (χ3n) is 23.8. The predicted molar refractivity (Wildman–Crippen MR) is 584 cm³/mol. The number of pyridine rings is 4. The van der Waals surface area contributed by atoms with Gasteiger partial charge < -0.3 is 51.6 Å². The van der Waals surface area contributed by atoms with E-state index in [4.69, 9.17) is 20.3 Å². The molecule has 754 valence electrons. The van der Waals surface area contributed by atoms with Crippen LogP contribution in [0.5, 0.6) is 0 Å². The zero-order valence-corrected chi connectivity index (χ0v) is 91.4. The van der Waals surface area contributed by atoms with Crippen LogP contribution in [0.2, 0.25) is 0 Å². The fraction of sp³-hybridized carbons (Fsp3) is 0.391. The number of anilines is 4. The highest BCUT2D eigenvalue weighted by Crippen LogP contribution is 2.54. The molecule has 8 aliphatic heterocycles. The zero-order valence-electron chi connectivity index (χ0n) is 76.7. The number of amides is 6. The quantitative estimate of drug-likeness (QED) is 0.0370. The first-order chi connectivity index (χ1) is 65.8. The summed E-state index contributed by atoms with van der Waals surface area (Å²) in [6, 6.07) is 36.4. The molecule has 0 unspecified atom stereocenters. The van der Waals surface area contributed by atoms with Crippen LogP contribution in [0.15, 0.2) is 165 Å². The number of Topliss-reactive ketones (excluding diaryl/α,β-unsaturated/α-hetero) is 2. The number of fused-ring (bicyclic) bond motifs is 8. The van der Waals surface area contributed by atoms with E-state index in [0.29, 0.717) is 130 Å². The number of aryl methyl sites for hydroxylation is 2. The number of halogens is 4. The molecule has 10 aromatic heterocycles. The maximum absolute atomic E-state index is 13.7. The number of ketones is 2. The Kier molecular flexibility index (Phi) is 40.0. The lowest BCUT2D eigenvalue weighted by molar-refractivity contribution is -0.152. The summed E-state index contributed by atoms with van der Waals surface area (Å²) < 4.78 is 19.8. The maximum atomic E-state index is 13.7. The molecule has 8 bridgehead atoms. The average molecular weight is 2380 g/mol. The molecule has 4 aliphatic carbocycles. The second kappa shape index (κ2) is 49.2. The molecule has 2 aromatic carbocycles. The normalized spacial score (nSPS) is 19.7. The number of nitrogen functional groups attached to an aromatic ring is 1. The molecule has 12 aromatic rings. The smallest absolute Gasteiger partial charge is 0.411 e. The minimum Gasteiger partial charge on any atom is -0.480 e. The largest absolute Gasteiger partial charge is 0.480 e. The lowest BCUT2D eigenvalue weighted by atomic mass is 9.72. The first kappa shape index (κ1) is 116. The summed E-state index contributed by atoms with van der Waals surface area (Å²) in [6.07, 6.45) is 12.0. The lowest BCUT2D eigenvalue weighted by Crippen LogP contribution is -2.57. The van der Waals surface area contributed by atoms with Gasteiger partial charge >= 0.3 is 24.1 Å². The Balaban J connectivity index is 0.000000196. The number of aliphatic carboxylic acids is 2. The molecule has 0 atom stereocenters. The maximum Gasteiger partial charge on any atom is 0.411 e. The number of nitrogens with one attached hydrogen (secondary N) is 4. The van der Waals surface area contributed by atoms with Crippen LogP contribution in [-0.4, -0.2) is 212 Å². The number of aromatic nitrogens is 14. The van der Waals surface area contributed by atoms with E-state index in [1.165, 1.54) is 41.2 Å². The minimum atomic E-state index is -1.02.